The first-order valence-corrected chi connectivity index (χ1v) is 0.565. The minimum atomic E-state index is -1.50. The summed E-state index contributed by atoms with van der Waals surface area (Å²) in [5.74, 6) is 0. The van der Waals surface area contributed by atoms with Crippen LogP contribution in [0, 0.1) is 10.1 Å². The van der Waals surface area contributed by atoms with Crippen LogP contribution in [-0.4, -0.2) is 33.3 Å². The van der Waals surface area contributed by atoms with Gasteiger partial charge in [-0.1, -0.05) is 0 Å². The molecule has 2 radical (unpaired) electrons. The zero-order chi connectivity index (χ0) is 3.58. The van der Waals surface area contributed by atoms with Crippen LogP contribution in [0.15, 0.2) is 0 Å². The van der Waals surface area contributed by atoms with E-state index in [9.17, 15) is 0 Å². The van der Waals surface area contributed by atoms with Crippen molar-refractivity contribution in [2.24, 2.45) is 0 Å². The summed E-state index contributed by atoms with van der Waals surface area (Å²) in [4.78, 5) is 8.36. The molecule has 0 saturated carbocycles. The van der Waals surface area contributed by atoms with Crippen molar-refractivity contribution in [3.05, 3.63) is 10.1 Å². The van der Waals surface area contributed by atoms with E-state index in [1.807, 2.05) is 0 Å². The van der Waals surface area contributed by atoms with E-state index in [-0.39, 0.29) is 42.5 Å². The zero-order valence-electron chi connectivity index (χ0n) is 3.13. The van der Waals surface area contributed by atoms with Crippen molar-refractivity contribution < 1.29 is 29.8 Å². The van der Waals surface area contributed by atoms with Crippen LogP contribution < -0.4 is 0 Å². The van der Waals surface area contributed by atoms with Crippen molar-refractivity contribution in [3.8, 4) is 0 Å². The smallest absolute Gasteiger partial charge is 0.291 e. The molecule has 0 aliphatic heterocycles. The van der Waals surface area contributed by atoms with E-state index in [2.05, 4.69) is 0 Å². The Morgan fingerprint density at radius 1 is 1.67 bits per heavy atom. The van der Waals surface area contributed by atoms with Crippen molar-refractivity contribution in [1.82, 2.24) is 0 Å². The Bertz CT molecular complexity index is 33.8. The summed E-state index contributed by atoms with van der Waals surface area (Å²) >= 11 is 0. The van der Waals surface area contributed by atoms with E-state index in [4.69, 9.17) is 15.3 Å². The van der Waals surface area contributed by atoms with Gasteiger partial charge in [0.05, 0.1) is 0 Å². The fraction of sp³-hybridized carbons (Fsp3) is 0. The predicted octanol–water partition coefficient (Wildman–Crippen LogP) is -0.731. The first kappa shape index (κ1) is 16.0. The normalized spacial score (nSPS) is 4.00. The molecule has 6 heavy (non-hydrogen) atoms. The van der Waals surface area contributed by atoms with Crippen LogP contribution in [-0.2, 0) is 19.5 Å². The second-order valence-corrected chi connectivity index (χ2v) is 0.238. The molecule has 0 saturated heterocycles. The number of hydrogen-bond donors (Lipinski definition) is 1. The third kappa shape index (κ3) is 170. The van der Waals surface area contributed by atoms with Gasteiger partial charge in [-0.3, -0.25) is 0 Å². The van der Waals surface area contributed by atoms with Crippen LogP contribution in [0.5, 0.6) is 0 Å². The van der Waals surface area contributed by atoms with Crippen molar-refractivity contribution in [2.45, 2.75) is 0 Å². The molecule has 6 heteroatoms. The monoisotopic (exact) mass is 151 g/mol. The van der Waals surface area contributed by atoms with Gasteiger partial charge >= 0.3 is 0 Å². The van der Waals surface area contributed by atoms with Gasteiger partial charge in [0.25, 0.3) is 5.09 Å². The standard InChI is InChI=1S/Mg.HNO3.Zn/c;2-1(3)4;/h;(H,2,3,4);. The topological polar surface area (TPSA) is 63.4 Å². The first-order valence-electron chi connectivity index (χ1n) is 0.565. The SMILES string of the molecule is O=[N+]([O-])O.[Mg].[Zn]. The van der Waals surface area contributed by atoms with E-state index < -0.39 is 5.09 Å². The molecule has 0 aromatic rings. The molecule has 0 aromatic heterocycles. The first-order chi connectivity index (χ1) is 1.73. The van der Waals surface area contributed by atoms with Gasteiger partial charge in [0.1, 0.15) is 0 Å². The minimum Gasteiger partial charge on any atom is -0.328 e. The van der Waals surface area contributed by atoms with Gasteiger partial charge in [-0.25, -0.2) is 0 Å². The molecule has 0 unspecified atom stereocenters. The van der Waals surface area contributed by atoms with Crippen LogP contribution in [0.25, 0.3) is 0 Å². The molecule has 4 nitrogen and oxygen atoms in total. The van der Waals surface area contributed by atoms with Gasteiger partial charge in [0.15, 0.2) is 0 Å². The second kappa shape index (κ2) is 9.14. The van der Waals surface area contributed by atoms with Gasteiger partial charge in [0.2, 0.25) is 0 Å². The van der Waals surface area contributed by atoms with E-state index in [1.165, 1.54) is 0 Å². The van der Waals surface area contributed by atoms with Crippen LogP contribution >= 0.6 is 0 Å². The molecule has 0 bridgehead atoms. The van der Waals surface area contributed by atoms with Gasteiger partial charge in [-0.05, 0) is 0 Å². The van der Waals surface area contributed by atoms with E-state index >= 15 is 0 Å². The van der Waals surface area contributed by atoms with Gasteiger partial charge in [-0.2, -0.15) is 0 Å². The third-order valence-electron chi connectivity index (χ3n) is 0. The van der Waals surface area contributed by atoms with Gasteiger partial charge < -0.3 is 5.21 Å². The molecule has 28 valence electrons. The second-order valence-electron chi connectivity index (χ2n) is 0.238. The van der Waals surface area contributed by atoms with Crippen molar-refractivity contribution in [3.63, 3.8) is 0 Å². The van der Waals surface area contributed by atoms with Crippen molar-refractivity contribution in [2.75, 3.05) is 0 Å². The molecular weight excluding hydrogens is 152 g/mol. The fourth-order valence-corrected chi connectivity index (χ4v) is 0. The quantitative estimate of drug-likeness (QED) is 0.283. The molecule has 0 amide bonds. The van der Waals surface area contributed by atoms with Crippen LogP contribution in [0.1, 0.15) is 0 Å². The summed E-state index contributed by atoms with van der Waals surface area (Å²) in [5.41, 5.74) is 0. The molecule has 0 aliphatic rings. The Hall–Kier alpha value is 0.590. The summed E-state index contributed by atoms with van der Waals surface area (Å²) < 4.78 is 0. The van der Waals surface area contributed by atoms with Crippen molar-refractivity contribution in [1.29, 1.82) is 0 Å². The van der Waals surface area contributed by atoms with Crippen LogP contribution in [0.3, 0.4) is 0 Å². The largest absolute Gasteiger partial charge is 0.328 e. The zero-order valence-corrected chi connectivity index (χ0v) is 7.51. The molecule has 0 aromatic carbocycles. The van der Waals surface area contributed by atoms with Crippen LogP contribution in [0.2, 0.25) is 0 Å². The summed E-state index contributed by atoms with van der Waals surface area (Å²) in [6, 6.07) is 0. The number of rotatable bonds is 0. The molecule has 1 N–H and O–H groups in total. The minimum absolute atomic E-state index is 0. The third-order valence-corrected chi connectivity index (χ3v) is 0. The van der Waals surface area contributed by atoms with Crippen LogP contribution in [0.4, 0.5) is 0 Å². The maximum atomic E-state index is 8.36. The average molecular weight is 153 g/mol. The molecule has 0 aliphatic carbocycles. The summed E-state index contributed by atoms with van der Waals surface area (Å²) in [6.07, 6.45) is 0. The Labute approximate surface area is 62.9 Å². The molecular formula is HMgNO3Zn. The Kier molecular flexibility index (Phi) is 24.3. The number of nitrogens with zero attached hydrogens (tertiary/aromatic N) is 1. The maximum Gasteiger partial charge on any atom is 0.291 e. The maximum absolute atomic E-state index is 8.36. The van der Waals surface area contributed by atoms with Gasteiger partial charge in [0, 0.05) is 42.5 Å². The van der Waals surface area contributed by atoms with E-state index in [0.29, 0.717) is 0 Å². The molecule has 0 heterocycles. The van der Waals surface area contributed by atoms with E-state index in [0.717, 1.165) is 0 Å². The fourth-order valence-electron chi connectivity index (χ4n) is 0. The predicted molar refractivity (Wildman–Crippen MR) is 14.5 cm³/mol. The Balaban J connectivity index is -0.0000000450. The summed E-state index contributed by atoms with van der Waals surface area (Å²) in [6.45, 7) is 0. The molecule has 0 rings (SSSR count). The Morgan fingerprint density at radius 3 is 1.67 bits per heavy atom. The van der Waals surface area contributed by atoms with Gasteiger partial charge in [-0.15, -0.1) is 10.1 Å². The summed E-state index contributed by atoms with van der Waals surface area (Å²) in [5, 5.41) is 13.6. The summed E-state index contributed by atoms with van der Waals surface area (Å²) in [7, 11) is 0. The molecule has 0 spiro atoms. The van der Waals surface area contributed by atoms with E-state index in [1.54, 1.807) is 0 Å². The average Bonchev–Trinajstić information content (AvgIpc) is 0.811. The molecule has 0 atom stereocenters. The number of hydrogen-bond acceptors (Lipinski definition) is 2. The Morgan fingerprint density at radius 2 is 1.67 bits per heavy atom. The van der Waals surface area contributed by atoms with Crippen molar-refractivity contribution >= 4 is 23.1 Å². The molecule has 0 fully saturated rings.